The van der Waals surface area contributed by atoms with Crippen LogP contribution in [-0.4, -0.2) is 17.9 Å². The summed E-state index contributed by atoms with van der Waals surface area (Å²) in [5.41, 5.74) is 0.777. The summed E-state index contributed by atoms with van der Waals surface area (Å²) < 4.78 is 18.0. The molecule has 0 fully saturated rings. The lowest BCUT2D eigenvalue weighted by Gasteiger charge is -2.21. The van der Waals surface area contributed by atoms with E-state index in [9.17, 15) is 9.18 Å². The number of hydrogen-bond donors (Lipinski definition) is 0. The molecule has 1 unspecified atom stereocenters. The van der Waals surface area contributed by atoms with E-state index in [-0.39, 0.29) is 17.8 Å². The zero-order valence-corrected chi connectivity index (χ0v) is 11.4. The van der Waals surface area contributed by atoms with Crippen LogP contribution in [0.2, 0.25) is 0 Å². The van der Waals surface area contributed by atoms with Gasteiger partial charge in [0.1, 0.15) is 11.6 Å². The van der Waals surface area contributed by atoms with Crippen molar-refractivity contribution in [3.05, 3.63) is 65.9 Å². The summed E-state index contributed by atoms with van der Waals surface area (Å²) in [7, 11) is 1.71. The van der Waals surface area contributed by atoms with Gasteiger partial charge in [0.25, 0.3) is 0 Å². The molecule has 0 bridgehead atoms. The van der Waals surface area contributed by atoms with Crippen LogP contribution in [0, 0.1) is 5.82 Å². The summed E-state index contributed by atoms with van der Waals surface area (Å²) in [5, 5.41) is 0. The molecule has 1 aromatic carbocycles. The van der Waals surface area contributed by atoms with Crippen molar-refractivity contribution >= 4 is 12.0 Å². The highest BCUT2D eigenvalue weighted by atomic mass is 19.1. The summed E-state index contributed by atoms with van der Waals surface area (Å²) >= 11 is 0. The average Bonchev–Trinajstić information content (AvgIpc) is 2.99. The molecule has 0 spiro atoms. The normalized spacial score (nSPS) is 12.6. The molecule has 0 aliphatic rings. The van der Waals surface area contributed by atoms with E-state index in [4.69, 9.17) is 4.42 Å². The zero-order chi connectivity index (χ0) is 14.5. The molecule has 1 aromatic heterocycles. The number of hydrogen-bond acceptors (Lipinski definition) is 2. The highest BCUT2D eigenvalue weighted by molar-refractivity contribution is 5.91. The fourth-order valence-electron chi connectivity index (χ4n) is 1.77. The van der Waals surface area contributed by atoms with Crippen LogP contribution in [0.15, 0.2) is 53.2 Å². The topological polar surface area (TPSA) is 33.5 Å². The van der Waals surface area contributed by atoms with Gasteiger partial charge in [-0.1, -0.05) is 12.1 Å². The van der Waals surface area contributed by atoms with E-state index in [1.165, 1.54) is 18.2 Å². The van der Waals surface area contributed by atoms with Gasteiger partial charge in [0, 0.05) is 13.1 Å². The molecule has 2 rings (SSSR count). The molecule has 0 aliphatic carbocycles. The lowest BCUT2D eigenvalue weighted by molar-refractivity contribution is -0.126. The molecule has 20 heavy (non-hydrogen) atoms. The number of benzene rings is 1. The Morgan fingerprint density at radius 1 is 1.30 bits per heavy atom. The minimum Gasteiger partial charge on any atom is -0.467 e. The summed E-state index contributed by atoms with van der Waals surface area (Å²) in [5.74, 6) is 0.297. The van der Waals surface area contributed by atoms with E-state index in [2.05, 4.69) is 0 Å². The molecule has 2 aromatic rings. The maximum absolute atomic E-state index is 12.8. The van der Waals surface area contributed by atoms with Crippen molar-refractivity contribution < 1.29 is 13.6 Å². The number of halogens is 1. The Bertz CT molecular complexity index is 587. The molecule has 0 saturated heterocycles. The molecule has 104 valence electrons. The van der Waals surface area contributed by atoms with Crippen LogP contribution >= 0.6 is 0 Å². The summed E-state index contributed by atoms with van der Waals surface area (Å²) in [4.78, 5) is 13.6. The second-order valence-corrected chi connectivity index (χ2v) is 4.53. The van der Waals surface area contributed by atoms with Gasteiger partial charge in [-0.15, -0.1) is 0 Å². The van der Waals surface area contributed by atoms with E-state index >= 15 is 0 Å². The maximum Gasteiger partial charge on any atom is 0.246 e. The summed E-state index contributed by atoms with van der Waals surface area (Å²) in [6, 6.07) is 9.44. The van der Waals surface area contributed by atoms with E-state index < -0.39 is 0 Å². The van der Waals surface area contributed by atoms with E-state index in [1.807, 2.05) is 13.0 Å². The van der Waals surface area contributed by atoms with Crippen molar-refractivity contribution in [1.29, 1.82) is 0 Å². The van der Waals surface area contributed by atoms with Crippen LogP contribution in [0.3, 0.4) is 0 Å². The predicted molar refractivity (Wildman–Crippen MR) is 75.3 cm³/mol. The van der Waals surface area contributed by atoms with Gasteiger partial charge in [-0.05, 0) is 42.8 Å². The third-order valence-electron chi connectivity index (χ3n) is 3.17. The highest BCUT2D eigenvalue weighted by Crippen LogP contribution is 2.19. The number of furan rings is 1. The van der Waals surface area contributed by atoms with Crippen LogP contribution in [0.5, 0.6) is 0 Å². The van der Waals surface area contributed by atoms with Gasteiger partial charge in [-0.2, -0.15) is 0 Å². The first kappa shape index (κ1) is 14.1. The number of likely N-dealkylation sites (N-methyl/N-ethyl adjacent to an activating group) is 1. The second kappa shape index (κ2) is 6.19. The van der Waals surface area contributed by atoms with Crippen molar-refractivity contribution in [1.82, 2.24) is 4.90 Å². The first-order valence-corrected chi connectivity index (χ1v) is 6.32. The SMILES string of the molecule is CC(c1ccco1)N(C)C(=O)/C=C/c1ccc(F)cc1. The molecule has 0 N–H and O–H groups in total. The fraction of sp³-hybridized carbons (Fsp3) is 0.188. The van der Waals surface area contributed by atoms with E-state index in [0.29, 0.717) is 0 Å². The third-order valence-corrected chi connectivity index (χ3v) is 3.17. The largest absolute Gasteiger partial charge is 0.467 e. The van der Waals surface area contributed by atoms with Crippen molar-refractivity contribution in [2.75, 3.05) is 7.05 Å². The Labute approximate surface area is 117 Å². The Balaban J connectivity index is 2.02. The summed E-state index contributed by atoms with van der Waals surface area (Å²) in [6.45, 7) is 1.89. The highest BCUT2D eigenvalue weighted by Gasteiger charge is 2.17. The molecule has 0 radical (unpaired) electrons. The van der Waals surface area contributed by atoms with Crippen molar-refractivity contribution in [3.8, 4) is 0 Å². The zero-order valence-electron chi connectivity index (χ0n) is 11.4. The van der Waals surface area contributed by atoms with Crippen LogP contribution < -0.4 is 0 Å². The molecule has 0 aliphatic heterocycles. The summed E-state index contributed by atoms with van der Waals surface area (Å²) in [6.07, 6.45) is 4.71. The molecule has 0 saturated carbocycles. The molecule has 1 atom stereocenters. The molecule has 1 heterocycles. The van der Waals surface area contributed by atoms with Gasteiger partial charge >= 0.3 is 0 Å². The van der Waals surface area contributed by atoms with Crippen molar-refractivity contribution in [2.45, 2.75) is 13.0 Å². The maximum atomic E-state index is 12.8. The molecule has 4 heteroatoms. The monoisotopic (exact) mass is 273 g/mol. The molecule has 3 nitrogen and oxygen atoms in total. The fourth-order valence-corrected chi connectivity index (χ4v) is 1.77. The Hall–Kier alpha value is -2.36. The Morgan fingerprint density at radius 3 is 2.60 bits per heavy atom. The van der Waals surface area contributed by atoms with E-state index in [0.717, 1.165) is 11.3 Å². The van der Waals surface area contributed by atoms with Gasteiger partial charge in [-0.25, -0.2) is 4.39 Å². The Morgan fingerprint density at radius 2 is 2.00 bits per heavy atom. The van der Waals surface area contributed by atoms with Gasteiger partial charge in [0.15, 0.2) is 0 Å². The lowest BCUT2D eigenvalue weighted by atomic mass is 10.2. The number of carbonyl (C=O) groups excluding carboxylic acids is 1. The van der Waals surface area contributed by atoms with Crippen LogP contribution in [0.25, 0.3) is 6.08 Å². The second-order valence-electron chi connectivity index (χ2n) is 4.53. The number of carbonyl (C=O) groups is 1. The smallest absolute Gasteiger partial charge is 0.246 e. The molecule has 1 amide bonds. The standard InChI is InChI=1S/C16H16FNO2/c1-12(15-4-3-11-20-15)18(2)16(19)10-7-13-5-8-14(17)9-6-13/h3-12H,1-2H3/b10-7+. The van der Waals surface area contributed by atoms with Gasteiger partial charge in [0.05, 0.1) is 12.3 Å². The van der Waals surface area contributed by atoms with Crippen LogP contribution in [0.4, 0.5) is 4.39 Å². The van der Waals surface area contributed by atoms with Crippen molar-refractivity contribution in [3.63, 3.8) is 0 Å². The molecular weight excluding hydrogens is 257 g/mol. The number of amides is 1. The average molecular weight is 273 g/mol. The lowest BCUT2D eigenvalue weighted by Crippen LogP contribution is -2.27. The third kappa shape index (κ3) is 3.35. The first-order valence-electron chi connectivity index (χ1n) is 6.32. The van der Waals surface area contributed by atoms with Crippen LogP contribution in [0.1, 0.15) is 24.3 Å². The Kier molecular flexibility index (Phi) is 4.35. The van der Waals surface area contributed by atoms with Crippen LogP contribution in [-0.2, 0) is 4.79 Å². The number of nitrogens with zero attached hydrogens (tertiary/aromatic N) is 1. The minimum absolute atomic E-state index is 0.141. The molecular formula is C16H16FNO2. The van der Waals surface area contributed by atoms with Crippen molar-refractivity contribution in [2.24, 2.45) is 0 Å². The number of rotatable bonds is 4. The minimum atomic E-state index is -0.294. The predicted octanol–water partition coefficient (Wildman–Crippen LogP) is 3.65. The van der Waals surface area contributed by atoms with Gasteiger partial charge < -0.3 is 9.32 Å². The van der Waals surface area contributed by atoms with Gasteiger partial charge in [-0.3, -0.25) is 4.79 Å². The quantitative estimate of drug-likeness (QED) is 0.797. The van der Waals surface area contributed by atoms with Gasteiger partial charge in [0.2, 0.25) is 5.91 Å². The first-order chi connectivity index (χ1) is 9.58. The van der Waals surface area contributed by atoms with E-state index in [1.54, 1.807) is 42.5 Å².